The summed E-state index contributed by atoms with van der Waals surface area (Å²) in [7, 11) is 3.37. The first-order valence-corrected chi connectivity index (χ1v) is 7.52. The molecule has 1 aromatic heterocycles. The summed E-state index contributed by atoms with van der Waals surface area (Å²) < 4.78 is 5.39. The molecule has 2 N–H and O–H groups in total. The van der Waals surface area contributed by atoms with Crippen LogP contribution in [-0.4, -0.2) is 34.9 Å². The Kier molecular flexibility index (Phi) is 4.00. The predicted octanol–water partition coefficient (Wildman–Crippen LogP) is 1.24. The van der Waals surface area contributed by atoms with Crippen LogP contribution in [0.4, 0.5) is 0 Å². The fraction of sp³-hybridized carbons (Fsp3) is 0.353. The highest BCUT2D eigenvalue weighted by atomic mass is 16.5. The van der Waals surface area contributed by atoms with Crippen LogP contribution in [0.25, 0.3) is 0 Å². The minimum Gasteiger partial charge on any atom is -0.496 e. The number of aromatic nitrogens is 2. The first kappa shape index (κ1) is 15.4. The van der Waals surface area contributed by atoms with E-state index in [0.717, 1.165) is 29.0 Å². The van der Waals surface area contributed by atoms with Gasteiger partial charge in [0.05, 0.1) is 25.5 Å². The minimum absolute atomic E-state index is 0.116. The zero-order valence-corrected chi connectivity index (χ0v) is 13.3. The fourth-order valence-electron chi connectivity index (χ4n) is 3.18. The van der Waals surface area contributed by atoms with E-state index in [1.54, 1.807) is 37.6 Å². The second-order valence-corrected chi connectivity index (χ2v) is 5.82. The van der Waals surface area contributed by atoms with Crippen molar-refractivity contribution in [3.8, 4) is 5.75 Å². The predicted molar refractivity (Wildman–Crippen MR) is 85.7 cm³/mol. The number of carbonyl (C=O) groups excluding carboxylic acids is 1. The lowest BCUT2D eigenvalue weighted by molar-refractivity contribution is -0.136. The molecule has 1 atom stereocenters. The Morgan fingerprint density at radius 1 is 1.43 bits per heavy atom. The lowest BCUT2D eigenvalue weighted by atomic mass is 9.91. The van der Waals surface area contributed by atoms with Crippen molar-refractivity contribution >= 4 is 5.91 Å². The maximum atomic E-state index is 12.9. The van der Waals surface area contributed by atoms with Crippen LogP contribution in [0.1, 0.15) is 23.2 Å². The Labute approximate surface area is 135 Å². The third kappa shape index (κ3) is 2.66. The summed E-state index contributed by atoms with van der Waals surface area (Å²) in [6.45, 7) is 0.380. The second-order valence-electron chi connectivity index (χ2n) is 5.82. The Morgan fingerprint density at radius 2 is 2.26 bits per heavy atom. The lowest BCUT2D eigenvalue weighted by Gasteiger charge is -2.29. The Hall–Kier alpha value is -2.47. The minimum atomic E-state index is -1.01. The number of rotatable bonds is 4. The summed E-state index contributed by atoms with van der Waals surface area (Å²) in [5.41, 5.74) is 8.11. The van der Waals surface area contributed by atoms with Crippen LogP contribution >= 0.6 is 0 Å². The monoisotopic (exact) mass is 312 g/mol. The number of fused-ring (bicyclic) bond motifs is 1. The van der Waals surface area contributed by atoms with Gasteiger partial charge in [-0.15, -0.1) is 0 Å². The molecule has 1 aromatic carbocycles. The van der Waals surface area contributed by atoms with Crippen molar-refractivity contribution in [1.29, 1.82) is 0 Å². The number of hydrogen-bond donors (Lipinski definition) is 1. The average Bonchev–Trinajstić information content (AvgIpc) is 2.93. The van der Waals surface area contributed by atoms with Crippen molar-refractivity contribution in [3.05, 3.63) is 53.6 Å². The molecule has 0 saturated carbocycles. The van der Waals surface area contributed by atoms with Crippen molar-refractivity contribution in [3.63, 3.8) is 0 Å². The highest BCUT2D eigenvalue weighted by Gasteiger charge is 2.44. The molecule has 0 fully saturated rings. The van der Waals surface area contributed by atoms with E-state index >= 15 is 0 Å². The summed E-state index contributed by atoms with van der Waals surface area (Å²) in [4.78, 5) is 22.8. The van der Waals surface area contributed by atoms with Crippen LogP contribution in [-0.2, 0) is 23.3 Å². The van der Waals surface area contributed by atoms with Crippen LogP contribution in [0.5, 0.6) is 5.75 Å². The van der Waals surface area contributed by atoms with Gasteiger partial charge in [-0.05, 0) is 30.0 Å². The van der Waals surface area contributed by atoms with Crippen molar-refractivity contribution in [1.82, 2.24) is 14.9 Å². The topological polar surface area (TPSA) is 81.3 Å². The molecule has 1 aliphatic carbocycles. The van der Waals surface area contributed by atoms with Crippen molar-refractivity contribution in [2.75, 3.05) is 14.2 Å². The van der Waals surface area contributed by atoms with Crippen molar-refractivity contribution in [2.45, 2.75) is 24.9 Å². The van der Waals surface area contributed by atoms with E-state index in [1.807, 2.05) is 18.2 Å². The Bertz CT molecular complexity index is 720. The molecular weight excluding hydrogens is 292 g/mol. The number of nitrogens with zero attached hydrogens (tertiary/aromatic N) is 3. The number of hydrogen-bond acceptors (Lipinski definition) is 5. The molecule has 1 heterocycles. The first-order chi connectivity index (χ1) is 11.1. The van der Waals surface area contributed by atoms with Crippen molar-refractivity contribution in [2.24, 2.45) is 5.73 Å². The Morgan fingerprint density at radius 3 is 2.96 bits per heavy atom. The van der Waals surface area contributed by atoms with E-state index in [9.17, 15) is 4.79 Å². The van der Waals surface area contributed by atoms with E-state index in [0.29, 0.717) is 13.0 Å². The highest BCUT2D eigenvalue weighted by molar-refractivity contribution is 5.89. The highest BCUT2D eigenvalue weighted by Crippen LogP contribution is 2.40. The molecule has 6 nitrogen and oxygen atoms in total. The van der Waals surface area contributed by atoms with Gasteiger partial charge >= 0.3 is 0 Å². The molecule has 1 amide bonds. The maximum absolute atomic E-state index is 12.9. The standard InChI is InChI=1S/C17H20N4O2/c1-21(11-12-10-19-8-9-20-12)16(22)17(18)7-6-13-14(17)4-3-5-15(13)23-2/h3-5,8-10H,6-7,11,18H2,1-2H3. The quantitative estimate of drug-likeness (QED) is 0.918. The van der Waals surface area contributed by atoms with Crippen LogP contribution in [0.3, 0.4) is 0 Å². The van der Waals surface area contributed by atoms with Gasteiger partial charge in [0.1, 0.15) is 11.3 Å². The van der Waals surface area contributed by atoms with Crippen LogP contribution < -0.4 is 10.5 Å². The SMILES string of the molecule is COc1cccc2c1CCC2(N)C(=O)N(C)Cc1cnccn1. The van der Waals surface area contributed by atoms with E-state index < -0.39 is 5.54 Å². The summed E-state index contributed by atoms with van der Waals surface area (Å²) in [6, 6.07) is 5.69. The zero-order valence-electron chi connectivity index (χ0n) is 13.3. The van der Waals surface area contributed by atoms with E-state index in [-0.39, 0.29) is 5.91 Å². The van der Waals surface area contributed by atoms with Gasteiger partial charge < -0.3 is 15.4 Å². The molecule has 0 radical (unpaired) electrons. The lowest BCUT2D eigenvalue weighted by Crippen LogP contribution is -2.50. The molecule has 23 heavy (non-hydrogen) atoms. The number of ether oxygens (including phenoxy) is 1. The van der Waals surface area contributed by atoms with E-state index in [4.69, 9.17) is 10.5 Å². The fourth-order valence-corrected chi connectivity index (χ4v) is 3.18. The van der Waals surface area contributed by atoms with Gasteiger partial charge in [0.25, 0.3) is 0 Å². The van der Waals surface area contributed by atoms with Gasteiger partial charge in [-0.25, -0.2) is 0 Å². The zero-order chi connectivity index (χ0) is 16.4. The molecule has 3 rings (SSSR count). The van der Waals surface area contributed by atoms with Gasteiger partial charge in [0, 0.05) is 19.4 Å². The normalized spacial score (nSPS) is 19.3. The molecular formula is C17H20N4O2. The molecule has 0 bridgehead atoms. The first-order valence-electron chi connectivity index (χ1n) is 7.52. The van der Waals surface area contributed by atoms with E-state index in [2.05, 4.69) is 9.97 Å². The number of benzene rings is 1. The molecule has 6 heteroatoms. The third-order valence-corrected chi connectivity index (χ3v) is 4.35. The molecule has 1 unspecified atom stereocenters. The third-order valence-electron chi connectivity index (χ3n) is 4.35. The summed E-state index contributed by atoms with van der Waals surface area (Å²) in [5.74, 6) is 0.675. The molecule has 120 valence electrons. The smallest absolute Gasteiger partial charge is 0.247 e. The van der Waals surface area contributed by atoms with Gasteiger partial charge in [-0.3, -0.25) is 14.8 Å². The molecule has 0 aliphatic heterocycles. The van der Waals surface area contributed by atoms with Crippen molar-refractivity contribution < 1.29 is 9.53 Å². The maximum Gasteiger partial charge on any atom is 0.247 e. The molecule has 0 saturated heterocycles. The summed E-state index contributed by atoms with van der Waals surface area (Å²) >= 11 is 0. The van der Waals surface area contributed by atoms with Gasteiger partial charge in [-0.1, -0.05) is 12.1 Å². The van der Waals surface area contributed by atoms with Crippen LogP contribution in [0.2, 0.25) is 0 Å². The number of carbonyl (C=O) groups is 1. The number of likely N-dealkylation sites (N-methyl/N-ethyl adjacent to an activating group) is 1. The van der Waals surface area contributed by atoms with E-state index in [1.165, 1.54) is 0 Å². The summed E-state index contributed by atoms with van der Waals surface area (Å²) in [6.07, 6.45) is 6.18. The second kappa shape index (κ2) is 5.96. The molecule has 1 aliphatic rings. The van der Waals surface area contributed by atoms with Crippen LogP contribution in [0, 0.1) is 0 Å². The Balaban J connectivity index is 1.86. The summed E-state index contributed by atoms with van der Waals surface area (Å²) in [5, 5.41) is 0. The number of nitrogens with two attached hydrogens (primary N) is 1. The molecule has 2 aromatic rings. The molecule has 0 spiro atoms. The number of methoxy groups -OCH3 is 1. The van der Waals surface area contributed by atoms with Gasteiger partial charge in [0.2, 0.25) is 5.91 Å². The van der Waals surface area contributed by atoms with Gasteiger partial charge in [-0.2, -0.15) is 0 Å². The van der Waals surface area contributed by atoms with Gasteiger partial charge in [0.15, 0.2) is 0 Å². The largest absolute Gasteiger partial charge is 0.496 e. The average molecular weight is 312 g/mol. The van der Waals surface area contributed by atoms with Crippen LogP contribution in [0.15, 0.2) is 36.8 Å². The number of amides is 1.